The Morgan fingerprint density at radius 2 is 2.07 bits per heavy atom. The number of hydrogen-bond donors (Lipinski definition) is 0. The van der Waals surface area contributed by atoms with Crippen LogP contribution in [0.5, 0.6) is 0 Å². The lowest BCUT2D eigenvalue weighted by atomic mass is 10.1. The third-order valence-corrected chi connectivity index (χ3v) is 4.93. The quantitative estimate of drug-likeness (QED) is 0.209. The number of benzene rings is 1. The normalized spacial score (nSPS) is 22.3. The number of nitro groups is 1. The SMILES string of the molecule is CC(O/N=C/C1C(C(=O)OC/C=C(\Cl)Cc2ccccc2)C1(C)C)[N+](=O)[O-]. The van der Waals surface area contributed by atoms with Gasteiger partial charge in [-0.1, -0.05) is 60.9 Å². The molecule has 1 fully saturated rings. The zero-order valence-electron chi connectivity index (χ0n) is 15.5. The second-order valence-corrected chi connectivity index (χ2v) is 7.50. The van der Waals surface area contributed by atoms with Crippen LogP contribution in [-0.2, 0) is 20.8 Å². The van der Waals surface area contributed by atoms with E-state index in [4.69, 9.17) is 21.2 Å². The van der Waals surface area contributed by atoms with Crippen LogP contribution in [0.25, 0.3) is 0 Å². The summed E-state index contributed by atoms with van der Waals surface area (Å²) in [5, 5.41) is 14.7. The number of nitrogens with zero attached hydrogens (tertiary/aromatic N) is 2. The van der Waals surface area contributed by atoms with Crippen molar-refractivity contribution >= 4 is 23.8 Å². The van der Waals surface area contributed by atoms with Gasteiger partial charge in [0.15, 0.2) is 0 Å². The van der Waals surface area contributed by atoms with Gasteiger partial charge in [-0.3, -0.25) is 14.9 Å². The van der Waals surface area contributed by atoms with Gasteiger partial charge >= 0.3 is 12.2 Å². The summed E-state index contributed by atoms with van der Waals surface area (Å²) in [5.74, 6) is -0.899. The monoisotopic (exact) mass is 394 g/mol. The van der Waals surface area contributed by atoms with Gasteiger partial charge in [0.05, 0.1) is 10.8 Å². The van der Waals surface area contributed by atoms with Crippen molar-refractivity contribution < 1.29 is 19.3 Å². The van der Waals surface area contributed by atoms with E-state index in [9.17, 15) is 14.9 Å². The van der Waals surface area contributed by atoms with Gasteiger partial charge in [0.25, 0.3) is 0 Å². The van der Waals surface area contributed by atoms with Gasteiger partial charge in [-0.05, 0) is 17.1 Å². The maximum atomic E-state index is 12.3. The molecule has 0 N–H and O–H groups in total. The molecule has 0 aliphatic heterocycles. The van der Waals surface area contributed by atoms with E-state index in [1.165, 1.54) is 13.1 Å². The first kappa shape index (κ1) is 20.9. The summed E-state index contributed by atoms with van der Waals surface area (Å²) in [6.07, 6.45) is 2.46. The second kappa shape index (κ2) is 8.99. The molecule has 3 atom stereocenters. The summed E-state index contributed by atoms with van der Waals surface area (Å²) >= 11 is 6.18. The molecule has 0 bridgehead atoms. The van der Waals surface area contributed by atoms with Gasteiger partial charge in [0.2, 0.25) is 0 Å². The smallest absolute Gasteiger partial charge is 0.372 e. The fourth-order valence-electron chi connectivity index (χ4n) is 2.80. The molecule has 8 heteroatoms. The fourth-order valence-corrected chi connectivity index (χ4v) is 3.02. The molecule has 0 heterocycles. The average Bonchev–Trinajstić information content (AvgIpc) is 3.16. The van der Waals surface area contributed by atoms with Crippen LogP contribution in [0.3, 0.4) is 0 Å². The fraction of sp³-hybridized carbons (Fsp3) is 0.474. The minimum atomic E-state index is -1.23. The van der Waals surface area contributed by atoms with E-state index in [2.05, 4.69) is 5.16 Å². The van der Waals surface area contributed by atoms with Crippen molar-refractivity contribution in [2.75, 3.05) is 6.61 Å². The lowest BCUT2D eigenvalue weighted by molar-refractivity contribution is -0.571. The van der Waals surface area contributed by atoms with E-state index in [0.717, 1.165) is 5.56 Å². The number of carbonyl (C=O) groups excluding carboxylic acids is 1. The lowest BCUT2D eigenvalue weighted by Gasteiger charge is -2.04. The second-order valence-electron chi connectivity index (χ2n) is 7.01. The maximum Gasteiger partial charge on any atom is 0.372 e. The molecule has 1 aliphatic carbocycles. The van der Waals surface area contributed by atoms with Crippen LogP contribution < -0.4 is 0 Å². The first-order valence-electron chi connectivity index (χ1n) is 8.61. The van der Waals surface area contributed by atoms with Crippen molar-refractivity contribution in [1.82, 2.24) is 0 Å². The summed E-state index contributed by atoms with van der Waals surface area (Å²) in [6, 6.07) is 9.75. The van der Waals surface area contributed by atoms with E-state index >= 15 is 0 Å². The highest BCUT2D eigenvalue weighted by atomic mass is 35.5. The first-order valence-corrected chi connectivity index (χ1v) is 8.99. The van der Waals surface area contributed by atoms with Crippen LogP contribution in [-0.4, -0.2) is 29.9 Å². The zero-order valence-corrected chi connectivity index (χ0v) is 16.3. The highest BCUT2D eigenvalue weighted by Gasteiger charge is 2.62. The van der Waals surface area contributed by atoms with Crippen LogP contribution >= 0.6 is 11.6 Å². The standard InChI is InChI=1S/C19H23ClN2O5/c1-13(22(24)25)27-21-12-16-17(19(16,2)3)18(23)26-10-9-15(20)11-14-7-5-4-6-8-14/h4-9,12-13,16-17H,10-11H2,1-3H3/b15-9-,21-12+. The highest BCUT2D eigenvalue weighted by molar-refractivity contribution is 6.29. The molecule has 3 unspecified atom stereocenters. The largest absolute Gasteiger partial charge is 0.461 e. The van der Waals surface area contributed by atoms with Crippen molar-refractivity contribution in [1.29, 1.82) is 0 Å². The molecular formula is C19H23ClN2O5. The van der Waals surface area contributed by atoms with E-state index in [1.807, 2.05) is 44.2 Å². The number of carbonyl (C=O) groups is 1. The van der Waals surface area contributed by atoms with Gasteiger partial charge in [-0.25, -0.2) is 0 Å². The summed E-state index contributed by atoms with van der Waals surface area (Å²) in [7, 11) is 0. The molecule has 0 radical (unpaired) electrons. The van der Waals surface area contributed by atoms with E-state index in [-0.39, 0.29) is 29.8 Å². The molecule has 0 aromatic heterocycles. The molecule has 146 valence electrons. The Kier molecular flexibility index (Phi) is 6.96. The number of rotatable bonds is 9. The Morgan fingerprint density at radius 3 is 2.70 bits per heavy atom. The number of allylic oxidation sites excluding steroid dienone is 1. The van der Waals surface area contributed by atoms with Crippen molar-refractivity contribution in [3.63, 3.8) is 0 Å². The number of esters is 1. The molecule has 0 amide bonds. The molecule has 1 aromatic carbocycles. The summed E-state index contributed by atoms with van der Waals surface area (Å²) in [6.45, 7) is 5.19. The van der Waals surface area contributed by atoms with Crippen LogP contribution in [0.2, 0.25) is 0 Å². The molecule has 1 aliphatic rings. The molecule has 27 heavy (non-hydrogen) atoms. The Morgan fingerprint density at radius 1 is 1.41 bits per heavy atom. The van der Waals surface area contributed by atoms with E-state index in [1.54, 1.807) is 6.08 Å². The number of hydrogen-bond acceptors (Lipinski definition) is 6. The van der Waals surface area contributed by atoms with Gasteiger partial charge in [0.1, 0.15) is 6.61 Å². The maximum absolute atomic E-state index is 12.3. The predicted molar refractivity (Wildman–Crippen MR) is 102 cm³/mol. The molecule has 1 aromatic rings. The van der Waals surface area contributed by atoms with Gasteiger partial charge in [-0.15, -0.1) is 0 Å². The summed E-state index contributed by atoms with van der Waals surface area (Å²) < 4.78 is 5.30. The summed E-state index contributed by atoms with van der Waals surface area (Å²) in [5.41, 5.74) is 0.743. The van der Waals surface area contributed by atoms with Gasteiger partial charge < -0.3 is 9.57 Å². The van der Waals surface area contributed by atoms with Crippen LogP contribution in [0, 0.1) is 27.4 Å². The summed E-state index contributed by atoms with van der Waals surface area (Å²) in [4.78, 5) is 26.9. The van der Waals surface area contributed by atoms with Crippen molar-refractivity contribution in [2.24, 2.45) is 22.4 Å². The third-order valence-electron chi connectivity index (χ3n) is 4.64. The number of ether oxygens (including phenoxy) is 1. The average molecular weight is 395 g/mol. The Balaban J connectivity index is 1.80. The molecule has 0 spiro atoms. The van der Waals surface area contributed by atoms with Gasteiger partial charge in [-0.2, -0.15) is 0 Å². The predicted octanol–water partition coefficient (Wildman–Crippen LogP) is 3.79. The Bertz CT molecular complexity index is 733. The Hall–Kier alpha value is -2.41. The number of halogens is 1. The minimum absolute atomic E-state index is 0.0931. The molecule has 7 nitrogen and oxygen atoms in total. The van der Waals surface area contributed by atoms with Crippen LogP contribution in [0.4, 0.5) is 0 Å². The Labute approximate surface area is 163 Å². The lowest BCUT2D eigenvalue weighted by Crippen LogP contribution is -2.16. The number of oxime groups is 1. The minimum Gasteiger partial charge on any atom is -0.461 e. The third kappa shape index (κ3) is 5.79. The van der Waals surface area contributed by atoms with E-state index in [0.29, 0.717) is 11.5 Å². The van der Waals surface area contributed by atoms with Crippen molar-refractivity contribution in [3.05, 3.63) is 57.1 Å². The first-order chi connectivity index (χ1) is 12.7. The zero-order chi connectivity index (χ0) is 20.0. The van der Waals surface area contributed by atoms with Crippen molar-refractivity contribution in [3.8, 4) is 0 Å². The molecule has 2 rings (SSSR count). The topological polar surface area (TPSA) is 91.0 Å². The highest BCUT2D eigenvalue weighted by Crippen LogP contribution is 2.57. The molecule has 1 saturated carbocycles. The van der Waals surface area contributed by atoms with Crippen LogP contribution in [0.15, 0.2) is 46.6 Å². The molecular weight excluding hydrogens is 372 g/mol. The van der Waals surface area contributed by atoms with Gasteiger partial charge in [0, 0.05) is 30.5 Å². The van der Waals surface area contributed by atoms with Crippen LogP contribution in [0.1, 0.15) is 26.3 Å². The van der Waals surface area contributed by atoms with E-state index < -0.39 is 11.2 Å². The molecule has 0 saturated heterocycles. The van der Waals surface area contributed by atoms with Crippen molar-refractivity contribution in [2.45, 2.75) is 33.4 Å².